The van der Waals surface area contributed by atoms with Gasteiger partial charge in [-0.25, -0.2) is 0 Å². The van der Waals surface area contributed by atoms with Crippen molar-refractivity contribution in [3.05, 3.63) is 28.8 Å². The summed E-state index contributed by atoms with van der Waals surface area (Å²) in [7, 11) is 1.70. The summed E-state index contributed by atoms with van der Waals surface area (Å²) >= 11 is 0. The van der Waals surface area contributed by atoms with Crippen molar-refractivity contribution in [3.63, 3.8) is 0 Å². The first-order chi connectivity index (χ1) is 7.24. The summed E-state index contributed by atoms with van der Waals surface area (Å²) in [6, 6.07) is 3.35. The number of phenols is 1. The highest BCUT2D eigenvalue weighted by Crippen LogP contribution is 2.30. The van der Waals surface area contributed by atoms with Gasteiger partial charge in [-0.2, -0.15) is 0 Å². The van der Waals surface area contributed by atoms with E-state index in [1.165, 1.54) is 0 Å². The van der Waals surface area contributed by atoms with Crippen LogP contribution < -0.4 is 5.32 Å². The van der Waals surface area contributed by atoms with Crippen molar-refractivity contribution >= 4 is 5.78 Å². The Morgan fingerprint density at radius 3 is 3.07 bits per heavy atom. The fourth-order valence-corrected chi connectivity index (χ4v) is 1.80. The molecular weight excluding hydrogens is 194 g/mol. The van der Waals surface area contributed by atoms with Crippen LogP contribution >= 0.6 is 0 Å². The van der Waals surface area contributed by atoms with E-state index in [-0.39, 0.29) is 18.1 Å². The highest BCUT2D eigenvalue weighted by atomic mass is 16.5. The molecule has 0 unspecified atom stereocenters. The van der Waals surface area contributed by atoms with Gasteiger partial charge in [-0.3, -0.25) is 4.79 Å². The van der Waals surface area contributed by atoms with Crippen LogP contribution in [0.3, 0.4) is 0 Å². The van der Waals surface area contributed by atoms with E-state index in [4.69, 9.17) is 4.74 Å². The Labute approximate surface area is 87.9 Å². The number of benzene rings is 1. The number of Topliss-reactive ketones (excluding diaryl/α,β-unsaturated/α-hetero) is 1. The van der Waals surface area contributed by atoms with Gasteiger partial charge in [0.25, 0.3) is 0 Å². The third-order valence-corrected chi connectivity index (χ3v) is 2.51. The third-order valence-electron chi connectivity index (χ3n) is 2.51. The van der Waals surface area contributed by atoms with E-state index in [0.29, 0.717) is 18.8 Å². The molecule has 2 rings (SSSR count). The second kappa shape index (κ2) is 4.00. The lowest BCUT2D eigenvalue weighted by Gasteiger charge is -2.08. The Kier molecular flexibility index (Phi) is 2.70. The maximum atomic E-state index is 11.7. The Balaban J connectivity index is 2.45. The number of nitrogens with one attached hydrogen (secondary N) is 1. The molecule has 0 fully saturated rings. The van der Waals surface area contributed by atoms with Crippen LogP contribution in [0.5, 0.6) is 5.75 Å². The summed E-state index contributed by atoms with van der Waals surface area (Å²) in [4.78, 5) is 11.7. The third kappa shape index (κ3) is 1.73. The maximum absolute atomic E-state index is 11.7. The highest BCUT2D eigenvalue weighted by Gasteiger charge is 2.22. The second-order valence-corrected chi connectivity index (χ2v) is 3.54. The summed E-state index contributed by atoms with van der Waals surface area (Å²) in [6.45, 7) is 1.16. The molecule has 2 N–H and O–H groups in total. The van der Waals surface area contributed by atoms with E-state index in [9.17, 15) is 9.90 Å². The van der Waals surface area contributed by atoms with Gasteiger partial charge in [0.15, 0.2) is 5.78 Å². The molecule has 0 atom stereocenters. The molecule has 1 aromatic carbocycles. The molecule has 80 valence electrons. The molecule has 0 amide bonds. The van der Waals surface area contributed by atoms with Crippen molar-refractivity contribution in [2.24, 2.45) is 0 Å². The molecule has 0 bridgehead atoms. The van der Waals surface area contributed by atoms with Gasteiger partial charge in [0, 0.05) is 0 Å². The van der Waals surface area contributed by atoms with Crippen molar-refractivity contribution < 1.29 is 14.6 Å². The van der Waals surface area contributed by atoms with Crippen molar-refractivity contribution in [1.82, 2.24) is 5.32 Å². The molecule has 0 saturated heterocycles. The number of ether oxygens (including phenoxy) is 1. The lowest BCUT2D eigenvalue weighted by Crippen LogP contribution is -2.20. The van der Waals surface area contributed by atoms with Crippen LogP contribution in [-0.4, -0.2) is 24.5 Å². The summed E-state index contributed by atoms with van der Waals surface area (Å²) in [5.74, 6) is -0.0585. The van der Waals surface area contributed by atoms with Crippen molar-refractivity contribution in [2.75, 3.05) is 13.6 Å². The zero-order valence-corrected chi connectivity index (χ0v) is 8.54. The molecule has 15 heavy (non-hydrogen) atoms. The van der Waals surface area contributed by atoms with Crippen LogP contribution in [0.1, 0.15) is 21.5 Å². The minimum Gasteiger partial charge on any atom is -0.507 e. The number of likely N-dealkylation sites (N-methyl/N-ethyl adjacent to an activating group) is 1. The van der Waals surface area contributed by atoms with Crippen LogP contribution in [-0.2, 0) is 18.0 Å². The quantitative estimate of drug-likeness (QED) is 0.720. The van der Waals surface area contributed by atoms with Gasteiger partial charge in [-0.15, -0.1) is 0 Å². The molecule has 4 heteroatoms. The second-order valence-electron chi connectivity index (χ2n) is 3.54. The van der Waals surface area contributed by atoms with Gasteiger partial charge in [0.1, 0.15) is 5.75 Å². The molecule has 0 radical (unpaired) electrons. The number of phenolic OH excluding ortho intramolecular Hbond substituents is 1. The summed E-state index contributed by atoms with van der Waals surface area (Å²) in [5, 5.41) is 12.5. The number of carbonyl (C=O) groups excluding carboxylic acids is 1. The summed E-state index contributed by atoms with van der Waals surface area (Å²) < 4.78 is 5.26. The highest BCUT2D eigenvalue weighted by molar-refractivity contribution is 6.01. The first-order valence-corrected chi connectivity index (χ1v) is 4.83. The number of ketones is 1. The normalized spacial score (nSPS) is 13.9. The van der Waals surface area contributed by atoms with Gasteiger partial charge < -0.3 is 15.2 Å². The van der Waals surface area contributed by atoms with Crippen molar-refractivity contribution in [3.8, 4) is 5.75 Å². The molecule has 0 aromatic heterocycles. The Bertz CT molecular complexity index is 401. The molecular formula is C11H13NO3. The van der Waals surface area contributed by atoms with Gasteiger partial charge in [-0.1, -0.05) is 6.07 Å². The SMILES string of the molecule is CNCC(=O)c1c(O)ccc2c1COC2. The molecule has 4 nitrogen and oxygen atoms in total. The average Bonchev–Trinajstić information content (AvgIpc) is 2.65. The molecule has 1 aromatic rings. The van der Waals surface area contributed by atoms with Crippen LogP contribution in [0.2, 0.25) is 0 Å². The minimum atomic E-state index is -0.0997. The molecule has 1 heterocycles. The van der Waals surface area contributed by atoms with Gasteiger partial charge in [0.05, 0.1) is 25.3 Å². The van der Waals surface area contributed by atoms with Gasteiger partial charge in [0.2, 0.25) is 0 Å². The van der Waals surface area contributed by atoms with Crippen molar-refractivity contribution in [2.45, 2.75) is 13.2 Å². The average molecular weight is 207 g/mol. The monoisotopic (exact) mass is 207 g/mol. The van der Waals surface area contributed by atoms with E-state index < -0.39 is 0 Å². The van der Waals surface area contributed by atoms with Crippen LogP contribution in [0, 0.1) is 0 Å². The van der Waals surface area contributed by atoms with E-state index >= 15 is 0 Å². The van der Waals surface area contributed by atoms with Crippen LogP contribution in [0.25, 0.3) is 0 Å². The minimum absolute atomic E-state index is 0.0412. The summed E-state index contributed by atoms with van der Waals surface area (Å²) in [6.07, 6.45) is 0. The number of carbonyl (C=O) groups is 1. The summed E-state index contributed by atoms with van der Waals surface area (Å²) in [5.41, 5.74) is 2.22. The number of fused-ring (bicyclic) bond motifs is 1. The predicted octanol–water partition coefficient (Wildman–Crippen LogP) is 0.825. The van der Waals surface area contributed by atoms with Gasteiger partial charge >= 0.3 is 0 Å². The smallest absolute Gasteiger partial charge is 0.180 e. The number of hydrogen-bond donors (Lipinski definition) is 2. The molecule has 1 aliphatic heterocycles. The zero-order chi connectivity index (χ0) is 10.8. The number of rotatable bonds is 3. The maximum Gasteiger partial charge on any atom is 0.180 e. The molecule has 0 saturated carbocycles. The lowest BCUT2D eigenvalue weighted by molar-refractivity contribution is 0.0985. The van der Waals surface area contributed by atoms with E-state index in [1.807, 2.05) is 0 Å². The Morgan fingerprint density at radius 1 is 1.53 bits per heavy atom. The first-order valence-electron chi connectivity index (χ1n) is 4.83. The number of hydrogen-bond acceptors (Lipinski definition) is 4. The topological polar surface area (TPSA) is 58.6 Å². The fourth-order valence-electron chi connectivity index (χ4n) is 1.80. The van der Waals surface area contributed by atoms with E-state index in [1.54, 1.807) is 19.2 Å². The molecule has 0 aliphatic carbocycles. The van der Waals surface area contributed by atoms with Crippen molar-refractivity contribution in [1.29, 1.82) is 0 Å². The lowest BCUT2D eigenvalue weighted by atomic mass is 9.99. The predicted molar refractivity (Wildman–Crippen MR) is 54.9 cm³/mol. The Morgan fingerprint density at radius 2 is 2.33 bits per heavy atom. The largest absolute Gasteiger partial charge is 0.507 e. The molecule has 1 aliphatic rings. The van der Waals surface area contributed by atoms with E-state index in [2.05, 4.69) is 5.32 Å². The van der Waals surface area contributed by atoms with Crippen LogP contribution in [0.4, 0.5) is 0 Å². The first kappa shape index (κ1) is 10.1. The molecule has 0 spiro atoms. The fraction of sp³-hybridized carbons (Fsp3) is 0.364. The van der Waals surface area contributed by atoms with Gasteiger partial charge in [-0.05, 0) is 24.2 Å². The standard InChI is InChI=1S/C11H13NO3/c1-12-4-10(14)11-8-6-15-5-7(8)2-3-9(11)13/h2-3,12-13H,4-6H2,1H3. The Hall–Kier alpha value is -1.39. The van der Waals surface area contributed by atoms with Crippen LogP contribution in [0.15, 0.2) is 12.1 Å². The number of aromatic hydroxyl groups is 1. The zero-order valence-electron chi connectivity index (χ0n) is 8.54. The van der Waals surface area contributed by atoms with E-state index in [0.717, 1.165) is 11.1 Å².